The van der Waals surface area contributed by atoms with Crippen LogP contribution in [0.25, 0.3) is 6.08 Å². The molecule has 2 heteroatoms. The summed E-state index contributed by atoms with van der Waals surface area (Å²) in [5.41, 5.74) is 2.34. The van der Waals surface area contributed by atoms with Crippen molar-refractivity contribution in [2.75, 3.05) is 6.61 Å². The van der Waals surface area contributed by atoms with Crippen molar-refractivity contribution in [3.63, 3.8) is 0 Å². The van der Waals surface area contributed by atoms with Gasteiger partial charge in [0.1, 0.15) is 0 Å². The number of rotatable bonds is 4. The van der Waals surface area contributed by atoms with Gasteiger partial charge in [0.15, 0.2) is 0 Å². The molecule has 0 spiro atoms. The maximum atomic E-state index is 11.0. The smallest absolute Gasteiger partial charge is 0.309 e. The van der Waals surface area contributed by atoms with Crippen LogP contribution in [-0.2, 0) is 9.53 Å². The van der Waals surface area contributed by atoms with Gasteiger partial charge in [-0.25, -0.2) is 0 Å². The van der Waals surface area contributed by atoms with Gasteiger partial charge in [-0.3, -0.25) is 4.79 Å². The molecular weight excluding hydrogens is 188 g/mol. The second kappa shape index (κ2) is 6.02. The minimum absolute atomic E-state index is 0.180. The summed E-state index contributed by atoms with van der Waals surface area (Å²) in [4.78, 5) is 11.0. The average molecular weight is 204 g/mol. The SMILES string of the molecule is CCOC(=O)C/C=C\c1ccc(C)cc1. The van der Waals surface area contributed by atoms with Crippen LogP contribution in [0.4, 0.5) is 0 Å². The van der Waals surface area contributed by atoms with Crippen molar-refractivity contribution >= 4 is 12.0 Å². The summed E-state index contributed by atoms with van der Waals surface area (Å²) in [6.45, 7) is 4.30. The third-order valence-electron chi connectivity index (χ3n) is 1.98. The molecule has 2 nitrogen and oxygen atoms in total. The predicted octanol–water partition coefficient (Wildman–Crippen LogP) is 2.96. The van der Waals surface area contributed by atoms with Crippen LogP contribution in [0.3, 0.4) is 0 Å². The van der Waals surface area contributed by atoms with E-state index in [1.54, 1.807) is 0 Å². The fourth-order valence-electron chi connectivity index (χ4n) is 1.19. The van der Waals surface area contributed by atoms with Crippen LogP contribution >= 0.6 is 0 Å². The third-order valence-corrected chi connectivity index (χ3v) is 1.98. The highest BCUT2D eigenvalue weighted by molar-refractivity contribution is 5.72. The van der Waals surface area contributed by atoms with E-state index in [-0.39, 0.29) is 5.97 Å². The normalized spacial score (nSPS) is 10.5. The Labute approximate surface area is 90.6 Å². The predicted molar refractivity (Wildman–Crippen MR) is 61.5 cm³/mol. The number of hydrogen-bond acceptors (Lipinski definition) is 2. The van der Waals surface area contributed by atoms with Gasteiger partial charge >= 0.3 is 5.97 Å². The lowest BCUT2D eigenvalue weighted by Crippen LogP contribution is -2.01. The van der Waals surface area contributed by atoms with Crippen LogP contribution in [-0.4, -0.2) is 12.6 Å². The van der Waals surface area contributed by atoms with Crippen molar-refractivity contribution in [1.82, 2.24) is 0 Å². The first-order valence-electron chi connectivity index (χ1n) is 5.11. The first-order valence-corrected chi connectivity index (χ1v) is 5.11. The van der Waals surface area contributed by atoms with Gasteiger partial charge in [0, 0.05) is 0 Å². The summed E-state index contributed by atoms with van der Waals surface area (Å²) in [6, 6.07) is 8.14. The Hall–Kier alpha value is -1.57. The molecule has 0 aliphatic rings. The van der Waals surface area contributed by atoms with Crippen molar-refractivity contribution in [3.8, 4) is 0 Å². The first kappa shape index (κ1) is 11.5. The minimum atomic E-state index is -0.180. The van der Waals surface area contributed by atoms with Gasteiger partial charge in [0.25, 0.3) is 0 Å². The van der Waals surface area contributed by atoms with Gasteiger partial charge in [-0.2, -0.15) is 0 Å². The Morgan fingerprint density at radius 3 is 2.60 bits per heavy atom. The highest BCUT2D eigenvalue weighted by atomic mass is 16.5. The first-order chi connectivity index (χ1) is 7.22. The summed E-state index contributed by atoms with van der Waals surface area (Å²) in [7, 11) is 0. The van der Waals surface area contributed by atoms with Gasteiger partial charge in [0.2, 0.25) is 0 Å². The molecule has 0 bridgehead atoms. The Morgan fingerprint density at radius 1 is 1.33 bits per heavy atom. The van der Waals surface area contributed by atoms with E-state index in [4.69, 9.17) is 4.74 Å². The standard InChI is InChI=1S/C13H16O2/c1-3-15-13(14)6-4-5-12-9-7-11(2)8-10-12/h4-5,7-10H,3,6H2,1-2H3/b5-4-. The Morgan fingerprint density at radius 2 is 2.00 bits per heavy atom. The molecule has 0 aliphatic heterocycles. The number of esters is 1. The van der Waals surface area contributed by atoms with Crippen LogP contribution in [0, 0.1) is 6.92 Å². The van der Waals surface area contributed by atoms with Crippen molar-refractivity contribution in [2.45, 2.75) is 20.3 Å². The highest BCUT2D eigenvalue weighted by Gasteiger charge is 1.95. The summed E-state index contributed by atoms with van der Waals surface area (Å²) in [5.74, 6) is -0.180. The number of carbonyl (C=O) groups is 1. The molecule has 0 N–H and O–H groups in total. The Kier molecular flexibility index (Phi) is 4.61. The maximum absolute atomic E-state index is 11.0. The number of carbonyl (C=O) groups excluding carboxylic acids is 1. The summed E-state index contributed by atoms with van der Waals surface area (Å²) in [6.07, 6.45) is 4.08. The lowest BCUT2D eigenvalue weighted by atomic mass is 10.1. The van der Waals surface area contributed by atoms with Gasteiger partial charge in [-0.05, 0) is 19.4 Å². The van der Waals surface area contributed by atoms with Gasteiger partial charge in [0.05, 0.1) is 13.0 Å². The van der Waals surface area contributed by atoms with Crippen molar-refractivity contribution in [1.29, 1.82) is 0 Å². The van der Waals surface area contributed by atoms with Crippen LogP contribution < -0.4 is 0 Å². The van der Waals surface area contributed by atoms with E-state index in [0.717, 1.165) is 5.56 Å². The molecular formula is C13H16O2. The number of benzene rings is 1. The Balaban J connectivity index is 2.44. The number of ether oxygens (including phenoxy) is 1. The van der Waals surface area contributed by atoms with Gasteiger partial charge < -0.3 is 4.74 Å². The summed E-state index contributed by atoms with van der Waals surface area (Å²) < 4.78 is 4.81. The molecule has 0 aliphatic carbocycles. The zero-order chi connectivity index (χ0) is 11.1. The lowest BCUT2D eigenvalue weighted by Gasteiger charge is -1.97. The summed E-state index contributed by atoms with van der Waals surface area (Å²) >= 11 is 0. The fraction of sp³-hybridized carbons (Fsp3) is 0.308. The minimum Gasteiger partial charge on any atom is -0.466 e. The maximum Gasteiger partial charge on any atom is 0.309 e. The van der Waals surface area contributed by atoms with E-state index in [2.05, 4.69) is 0 Å². The third kappa shape index (κ3) is 4.45. The van der Waals surface area contributed by atoms with E-state index >= 15 is 0 Å². The largest absolute Gasteiger partial charge is 0.466 e. The molecule has 0 radical (unpaired) electrons. The molecule has 0 fully saturated rings. The molecule has 0 aromatic heterocycles. The topological polar surface area (TPSA) is 26.3 Å². The van der Waals surface area contributed by atoms with E-state index in [9.17, 15) is 4.79 Å². The number of aryl methyl sites for hydroxylation is 1. The average Bonchev–Trinajstić information content (AvgIpc) is 2.21. The van der Waals surface area contributed by atoms with E-state index in [1.807, 2.05) is 50.3 Å². The lowest BCUT2D eigenvalue weighted by molar-refractivity contribution is -0.142. The van der Waals surface area contributed by atoms with Crippen molar-refractivity contribution in [2.24, 2.45) is 0 Å². The summed E-state index contributed by atoms with van der Waals surface area (Å²) in [5, 5.41) is 0. The molecule has 0 heterocycles. The molecule has 1 rings (SSSR count). The van der Waals surface area contributed by atoms with E-state index < -0.39 is 0 Å². The van der Waals surface area contributed by atoms with E-state index in [0.29, 0.717) is 13.0 Å². The zero-order valence-electron chi connectivity index (χ0n) is 9.19. The Bertz CT molecular complexity index is 336. The quantitative estimate of drug-likeness (QED) is 0.705. The second-order valence-electron chi connectivity index (χ2n) is 3.32. The van der Waals surface area contributed by atoms with Crippen LogP contribution in [0.5, 0.6) is 0 Å². The van der Waals surface area contributed by atoms with Gasteiger partial charge in [-0.1, -0.05) is 42.0 Å². The zero-order valence-corrected chi connectivity index (χ0v) is 9.19. The molecule has 0 atom stereocenters. The van der Waals surface area contributed by atoms with E-state index in [1.165, 1.54) is 5.56 Å². The second-order valence-corrected chi connectivity index (χ2v) is 3.32. The van der Waals surface area contributed by atoms with Crippen LogP contribution in [0.2, 0.25) is 0 Å². The van der Waals surface area contributed by atoms with Crippen LogP contribution in [0.15, 0.2) is 30.3 Å². The van der Waals surface area contributed by atoms with Gasteiger partial charge in [-0.15, -0.1) is 0 Å². The highest BCUT2D eigenvalue weighted by Crippen LogP contribution is 2.05. The van der Waals surface area contributed by atoms with Crippen LogP contribution in [0.1, 0.15) is 24.5 Å². The molecule has 15 heavy (non-hydrogen) atoms. The molecule has 0 unspecified atom stereocenters. The molecule has 0 amide bonds. The number of hydrogen-bond donors (Lipinski definition) is 0. The molecule has 0 saturated heterocycles. The molecule has 0 saturated carbocycles. The van der Waals surface area contributed by atoms with Crippen molar-refractivity contribution in [3.05, 3.63) is 41.5 Å². The molecule has 1 aromatic carbocycles. The molecule has 1 aromatic rings. The monoisotopic (exact) mass is 204 g/mol. The van der Waals surface area contributed by atoms with Crippen molar-refractivity contribution < 1.29 is 9.53 Å². The fourth-order valence-corrected chi connectivity index (χ4v) is 1.19. The molecule has 80 valence electrons.